The molecule has 0 N–H and O–H groups in total. The Morgan fingerprint density at radius 3 is 2.26 bits per heavy atom. The van der Waals surface area contributed by atoms with Gasteiger partial charge < -0.3 is 4.90 Å². The maximum Gasteiger partial charge on any atom is 0.242 e. The molecule has 1 fully saturated rings. The van der Waals surface area contributed by atoms with Crippen molar-refractivity contribution in [2.45, 2.75) is 24.2 Å². The van der Waals surface area contributed by atoms with Gasteiger partial charge in [0.05, 0.1) is 11.2 Å². The predicted molar refractivity (Wildman–Crippen MR) is 103 cm³/mol. The number of hydrogen-bond donors (Lipinski definition) is 0. The highest BCUT2D eigenvalue weighted by Gasteiger charge is 2.34. The van der Waals surface area contributed by atoms with E-state index < -0.39 is 20.0 Å². The summed E-state index contributed by atoms with van der Waals surface area (Å²) in [6.45, 7) is 1.23. The molecule has 0 unspecified atom stereocenters. The lowest BCUT2D eigenvalue weighted by Crippen LogP contribution is -2.43. The summed E-state index contributed by atoms with van der Waals surface area (Å²) >= 11 is 0. The molecule has 3 rings (SSSR count). The number of fused-ring (bicyclic) bond motifs is 1. The lowest BCUT2D eigenvalue weighted by Gasteiger charge is -2.31. The molecular weight excluding hydrogens is 390 g/mol. The molecule has 0 saturated carbocycles. The molecule has 1 saturated heterocycles. The van der Waals surface area contributed by atoms with Crippen molar-refractivity contribution in [1.82, 2.24) is 8.61 Å². The standard InChI is InChI=1S/C17H25N3O5S2/c1-18(2)27(24,25)15-4-5-16-14(12-15)8-11-20(16)17(21)13-6-9-19(10-7-13)26(3,22)23/h4-5,12-13H,6-11H2,1-3H3. The molecule has 0 bridgehead atoms. The fourth-order valence-corrected chi connectivity index (χ4v) is 5.46. The van der Waals surface area contributed by atoms with Crippen molar-refractivity contribution >= 4 is 31.6 Å². The predicted octanol–water partition coefficient (Wildman–Crippen LogP) is 0.498. The van der Waals surface area contributed by atoms with Gasteiger partial charge in [0.1, 0.15) is 0 Å². The number of carbonyl (C=O) groups excluding carboxylic acids is 1. The molecule has 1 aromatic carbocycles. The van der Waals surface area contributed by atoms with Crippen molar-refractivity contribution in [3.05, 3.63) is 23.8 Å². The first-order chi connectivity index (χ1) is 12.5. The molecule has 2 aliphatic rings. The Kier molecular flexibility index (Phi) is 5.37. The molecular formula is C17H25N3O5S2. The van der Waals surface area contributed by atoms with E-state index >= 15 is 0 Å². The highest BCUT2D eigenvalue weighted by atomic mass is 32.2. The van der Waals surface area contributed by atoms with Crippen LogP contribution in [-0.4, -0.2) is 71.3 Å². The lowest BCUT2D eigenvalue weighted by atomic mass is 9.96. The van der Waals surface area contributed by atoms with Crippen LogP contribution in [0.25, 0.3) is 0 Å². The zero-order valence-electron chi connectivity index (χ0n) is 15.8. The van der Waals surface area contributed by atoms with E-state index in [9.17, 15) is 21.6 Å². The number of sulfonamides is 2. The summed E-state index contributed by atoms with van der Waals surface area (Å²) < 4.78 is 50.4. The highest BCUT2D eigenvalue weighted by molar-refractivity contribution is 7.89. The van der Waals surface area contributed by atoms with Gasteiger partial charge in [0.2, 0.25) is 26.0 Å². The summed E-state index contributed by atoms with van der Waals surface area (Å²) in [5.74, 6) is -0.218. The number of amides is 1. The summed E-state index contributed by atoms with van der Waals surface area (Å²) in [6.07, 6.45) is 2.81. The van der Waals surface area contributed by atoms with Crippen LogP contribution < -0.4 is 4.90 Å². The summed E-state index contributed by atoms with van der Waals surface area (Å²) in [4.78, 5) is 14.9. The highest BCUT2D eigenvalue weighted by Crippen LogP contribution is 2.33. The van der Waals surface area contributed by atoms with Crippen molar-refractivity contribution in [1.29, 1.82) is 0 Å². The summed E-state index contributed by atoms with van der Waals surface area (Å²) in [5.41, 5.74) is 1.60. The lowest BCUT2D eigenvalue weighted by molar-refractivity contribution is -0.123. The van der Waals surface area contributed by atoms with Crippen molar-refractivity contribution in [3.8, 4) is 0 Å². The van der Waals surface area contributed by atoms with Gasteiger partial charge >= 0.3 is 0 Å². The van der Waals surface area contributed by atoms with E-state index in [0.717, 1.165) is 11.3 Å². The Hall–Kier alpha value is -1.49. The first-order valence-electron chi connectivity index (χ1n) is 8.84. The molecule has 0 spiro atoms. The Bertz CT molecular complexity index is 949. The van der Waals surface area contributed by atoms with Crippen molar-refractivity contribution in [2.75, 3.05) is 44.9 Å². The van der Waals surface area contributed by atoms with Crippen LogP contribution >= 0.6 is 0 Å². The van der Waals surface area contributed by atoms with Gasteiger partial charge in [0, 0.05) is 45.3 Å². The zero-order valence-corrected chi connectivity index (χ0v) is 17.4. The number of rotatable bonds is 4. The van der Waals surface area contributed by atoms with E-state index in [1.54, 1.807) is 17.0 Å². The van der Waals surface area contributed by atoms with Crippen LogP contribution in [0.5, 0.6) is 0 Å². The molecule has 0 atom stereocenters. The molecule has 0 aromatic heterocycles. The molecule has 150 valence electrons. The Labute approximate surface area is 160 Å². The minimum Gasteiger partial charge on any atom is -0.312 e. The van der Waals surface area contributed by atoms with Crippen molar-refractivity contribution in [2.24, 2.45) is 5.92 Å². The largest absolute Gasteiger partial charge is 0.312 e. The van der Waals surface area contributed by atoms with E-state index in [1.165, 1.54) is 35.0 Å². The Balaban J connectivity index is 1.76. The Morgan fingerprint density at radius 2 is 1.70 bits per heavy atom. The van der Waals surface area contributed by atoms with E-state index in [1.807, 2.05) is 0 Å². The van der Waals surface area contributed by atoms with Crippen LogP contribution in [0.15, 0.2) is 23.1 Å². The van der Waals surface area contributed by atoms with Gasteiger partial charge in [-0.3, -0.25) is 4.79 Å². The third-order valence-corrected chi connectivity index (χ3v) is 8.38. The summed E-state index contributed by atoms with van der Waals surface area (Å²) in [7, 11) is -3.76. The normalized spacial score (nSPS) is 19.5. The molecule has 8 nitrogen and oxygen atoms in total. The van der Waals surface area contributed by atoms with Gasteiger partial charge in [-0.15, -0.1) is 0 Å². The molecule has 10 heteroatoms. The maximum atomic E-state index is 12.9. The Morgan fingerprint density at radius 1 is 1.07 bits per heavy atom. The molecule has 27 heavy (non-hydrogen) atoms. The molecule has 2 aliphatic heterocycles. The maximum absolute atomic E-state index is 12.9. The number of benzene rings is 1. The fourth-order valence-electron chi connectivity index (χ4n) is 3.63. The molecule has 1 aromatic rings. The number of carbonyl (C=O) groups is 1. The second kappa shape index (κ2) is 7.16. The first kappa shape index (κ1) is 20.2. The number of hydrogen-bond acceptors (Lipinski definition) is 5. The van der Waals surface area contributed by atoms with Gasteiger partial charge in [-0.2, -0.15) is 0 Å². The second-order valence-corrected chi connectivity index (χ2v) is 11.4. The van der Waals surface area contributed by atoms with E-state index in [2.05, 4.69) is 0 Å². The minimum atomic E-state index is -3.51. The molecule has 0 aliphatic carbocycles. The van der Waals surface area contributed by atoms with E-state index in [-0.39, 0.29) is 16.7 Å². The van der Waals surface area contributed by atoms with Crippen LogP contribution in [0.1, 0.15) is 18.4 Å². The van der Waals surface area contributed by atoms with Crippen LogP contribution in [0.3, 0.4) is 0 Å². The van der Waals surface area contributed by atoms with E-state index in [4.69, 9.17) is 0 Å². The quantitative estimate of drug-likeness (QED) is 0.714. The smallest absolute Gasteiger partial charge is 0.242 e. The van der Waals surface area contributed by atoms with Crippen molar-refractivity contribution in [3.63, 3.8) is 0 Å². The number of anilines is 1. The SMILES string of the molecule is CN(C)S(=O)(=O)c1ccc2c(c1)CCN2C(=O)C1CCN(S(C)(=O)=O)CC1. The van der Waals surface area contributed by atoms with E-state index in [0.29, 0.717) is 38.9 Å². The van der Waals surface area contributed by atoms with Gasteiger partial charge in [-0.25, -0.2) is 25.4 Å². The number of piperidine rings is 1. The van der Waals surface area contributed by atoms with Crippen LogP contribution in [0.4, 0.5) is 5.69 Å². The monoisotopic (exact) mass is 415 g/mol. The summed E-state index contributed by atoms with van der Waals surface area (Å²) in [6, 6.07) is 4.87. The third-order valence-electron chi connectivity index (χ3n) is 5.26. The average Bonchev–Trinajstić information content (AvgIpc) is 3.03. The van der Waals surface area contributed by atoms with Crippen LogP contribution in [0.2, 0.25) is 0 Å². The fraction of sp³-hybridized carbons (Fsp3) is 0.588. The second-order valence-electron chi connectivity index (χ2n) is 7.25. The minimum absolute atomic E-state index is 0.00915. The molecule has 0 radical (unpaired) electrons. The zero-order chi connectivity index (χ0) is 20.0. The van der Waals surface area contributed by atoms with Crippen molar-refractivity contribution < 1.29 is 21.6 Å². The third kappa shape index (κ3) is 3.89. The van der Waals surface area contributed by atoms with Crippen LogP contribution in [0, 0.1) is 5.92 Å². The average molecular weight is 416 g/mol. The number of nitrogens with zero attached hydrogens (tertiary/aromatic N) is 3. The van der Waals surface area contributed by atoms with Gasteiger partial charge in [0.15, 0.2) is 0 Å². The van der Waals surface area contributed by atoms with Gasteiger partial charge in [0.25, 0.3) is 0 Å². The van der Waals surface area contributed by atoms with Gasteiger partial charge in [-0.05, 0) is 43.0 Å². The first-order valence-corrected chi connectivity index (χ1v) is 12.1. The molecule has 1 amide bonds. The molecule has 2 heterocycles. The van der Waals surface area contributed by atoms with Gasteiger partial charge in [-0.1, -0.05) is 0 Å². The topological polar surface area (TPSA) is 95.1 Å². The van der Waals surface area contributed by atoms with Crippen LogP contribution in [-0.2, 0) is 31.3 Å². The summed E-state index contributed by atoms with van der Waals surface area (Å²) in [5, 5.41) is 0.